The highest BCUT2D eigenvalue weighted by Crippen LogP contribution is 2.16. The Morgan fingerprint density at radius 3 is 2.50 bits per heavy atom. The van der Waals surface area contributed by atoms with Crippen LogP contribution in [0.1, 0.15) is 18.4 Å². The van der Waals surface area contributed by atoms with E-state index in [0.717, 1.165) is 12.2 Å². The number of aliphatic hydroxyl groups is 1. The van der Waals surface area contributed by atoms with Crippen LogP contribution in [-0.2, 0) is 6.42 Å². The van der Waals surface area contributed by atoms with Crippen LogP contribution in [0.15, 0.2) is 18.2 Å². The number of hydrogen-bond acceptors (Lipinski definition) is 2. The minimum atomic E-state index is -0.668. The van der Waals surface area contributed by atoms with Gasteiger partial charge < -0.3 is 5.11 Å². The highest BCUT2D eigenvalue weighted by Gasteiger charge is 2.13. The zero-order valence-electron chi connectivity index (χ0n) is 9.25. The highest BCUT2D eigenvalue weighted by molar-refractivity contribution is 7.98. The lowest BCUT2D eigenvalue weighted by molar-refractivity contribution is 0.161. The molecule has 0 aliphatic rings. The van der Waals surface area contributed by atoms with Gasteiger partial charge in [0.15, 0.2) is 0 Å². The van der Waals surface area contributed by atoms with Gasteiger partial charge in [0, 0.05) is 12.0 Å². The minimum absolute atomic E-state index is 0.0147. The molecule has 0 radical (unpaired) electrons. The molecule has 90 valence electrons. The van der Waals surface area contributed by atoms with Crippen molar-refractivity contribution in [1.82, 2.24) is 0 Å². The van der Waals surface area contributed by atoms with Crippen LogP contribution in [0.4, 0.5) is 8.78 Å². The van der Waals surface area contributed by atoms with Gasteiger partial charge in [-0.3, -0.25) is 0 Å². The van der Waals surface area contributed by atoms with E-state index in [1.807, 2.05) is 6.26 Å². The van der Waals surface area contributed by atoms with Gasteiger partial charge in [0.05, 0.1) is 6.10 Å². The van der Waals surface area contributed by atoms with E-state index in [1.54, 1.807) is 11.8 Å². The first-order valence-electron chi connectivity index (χ1n) is 5.25. The Hall–Kier alpha value is -0.610. The molecule has 1 nitrogen and oxygen atoms in total. The molecule has 4 heteroatoms. The maximum absolute atomic E-state index is 13.2. The van der Waals surface area contributed by atoms with Gasteiger partial charge in [0.25, 0.3) is 0 Å². The molecule has 0 aromatic heterocycles. The summed E-state index contributed by atoms with van der Waals surface area (Å²) in [6, 6.07) is 3.76. The second-order valence-electron chi connectivity index (χ2n) is 3.69. The quantitative estimate of drug-likeness (QED) is 0.779. The van der Waals surface area contributed by atoms with Crippen LogP contribution in [0.3, 0.4) is 0 Å². The topological polar surface area (TPSA) is 20.2 Å². The predicted octanol–water partition coefficient (Wildman–Crippen LogP) is 3.01. The van der Waals surface area contributed by atoms with Gasteiger partial charge in [-0.2, -0.15) is 11.8 Å². The lowest BCUT2D eigenvalue weighted by Crippen LogP contribution is -2.13. The zero-order valence-corrected chi connectivity index (χ0v) is 10.1. The molecule has 1 aromatic rings. The SMILES string of the molecule is CSCCCC(O)Cc1c(F)cccc1F. The van der Waals surface area contributed by atoms with Gasteiger partial charge >= 0.3 is 0 Å². The van der Waals surface area contributed by atoms with Gasteiger partial charge in [-0.25, -0.2) is 8.78 Å². The molecule has 0 saturated heterocycles. The van der Waals surface area contributed by atoms with Crippen LogP contribution in [0.2, 0.25) is 0 Å². The summed E-state index contributed by atoms with van der Waals surface area (Å²) in [6.07, 6.45) is 2.81. The van der Waals surface area contributed by atoms with E-state index < -0.39 is 17.7 Å². The summed E-state index contributed by atoms with van der Waals surface area (Å²) in [6.45, 7) is 0. The first-order chi connectivity index (χ1) is 7.65. The minimum Gasteiger partial charge on any atom is -0.393 e. The zero-order chi connectivity index (χ0) is 12.0. The summed E-state index contributed by atoms with van der Waals surface area (Å²) < 4.78 is 26.5. The third-order valence-corrected chi connectivity index (χ3v) is 3.08. The van der Waals surface area contributed by atoms with Crippen LogP contribution in [0.5, 0.6) is 0 Å². The third-order valence-electron chi connectivity index (χ3n) is 2.39. The van der Waals surface area contributed by atoms with Crippen LogP contribution < -0.4 is 0 Å². The standard InChI is InChI=1S/C12H16F2OS/c1-16-7-3-4-9(15)8-10-11(13)5-2-6-12(10)14/h2,5-6,9,15H,3-4,7-8H2,1H3. The molecule has 0 fully saturated rings. The molecule has 1 rings (SSSR count). The fourth-order valence-electron chi connectivity index (χ4n) is 1.53. The van der Waals surface area contributed by atoms with Crippen LogP contribution in [-0.4, -0.2) is 23.2 Å². The molecule has 0 bridgehead atoms. The number of halogens is 2. The first kappa shape index (κ1) is 13.5. The molecule has 16 heavy (non-hydrogen) atoms. The first-order valence-corrected chi connectivity index (χ1v) is 6.64. The van der Waals surface area contributed by atoms with Crippen molar-refractivity contribution in [1.29, 1.82) is 0 Å². The molecular formula is C12H16F2OS. The fourth-order valence-corrected chi connectivity index (χ4v) is 1.98. The highest BCUT2D eigenvalue weighted by atomic mass is 32.2. The normalized spacial score (nSPS) is 12.8. The van der Waals surface area contributed by atoms with Gasteiger partial charge in [-0.05, 0) is 37.0 Å². The van der Waals surface area contributed by atoms with E-state index >= 15 is 0 Å². The van der Waals surface area contributed by atoms with Gasteiger partial charge in [-0.1, -0.05) is 6.07 Å². The van der Waals surface area contributed by atoms with E-state index in [1.165, 1.54) is 18.2 Å². The maximum atomic E-state index is 13.2. The fraction of sp³-hybridized carbons (Fsp3) is 0.500. The van der Waals surface area contributed by atoms with E-state index in [0.29, 0.717) is 6.42 Å². The Morgan fingerprint density at radius 2 is 1.94 bits per heavy atom. The average molecular weight is 246 g/mol. The molecule has 0 spiro atoms. The Balaban J connectivity index is 2.52. The molecule has 1 aromatic carbocycles. The van der Waals surface area contributed by atoms with Crippen molar-refractivity contribution in [3.8, 4) is 0 Å². The van der Waals surface area contributed by atoms with Crippen molar-refractivity contribution < 1.29 is 13.9 Å². The Kier molecular flexibility index (Phi) is 5.77. The lowest BCUT2D eigenvalue weighted by atomic mass is 10.0. The number of hydrogen-bond donors (Lipinski definition) is 1. The van der Waals surface area contributed by atoms with Crippen molar-refractivity contribution in [3.05, 3.63) is 35.4 Å². The maximum Gasteiger partial charge on any atom is 0.129 e. The largest absolute Gasteiger partial charge is 0.393 e. The number of benzene rings is 1. The third kappa shape index (κ3) is 4.10. The number of thioether (sulfide) groups is 1. The molecule has 0 saturated carbocycles. The molecule has 0 heterocycles. The molecule has 1 N–H and O–H groups in total. The molecule has 1 atom stereocenters. The smallest absolute Gasteiger partial charge is 0.129 e. The Labute approximate surface area is 98.9 Å². The van der Waals surface area contributed by atoms with Crippen LogP contribution >= 0.6 is 11.8 Å². The summed E-state index contributed by atoms with van der Waals surface area (Å²) in [5.74, 6) is -0.204. The monoisotopic (exact) mass is 246 g/mol. The molecule has 0 amide bonds. The van der Waals surface area contributed by atoms with Gasteiger partial charge in [-0.15, -0.1) is 0 Å². The molecule has 1 unspecified atom stereocenters. The van der Waals surface area contributed by atoms with E-state index in [4.69, 9.17) is 0 Å². The molecular weight excluding hydrogens is 230 g/mol. The average Bonchev–Trinajstić information content (AvgIpc) is 2.24. The summed E-state index contributed by atoms with van der Waals surface area (Å²) >= 11 is 1.70. The van der Waals surface area contributed by atoms with Crippen molar-refractivity contribution >= 4 is 11.8 Å². The van der Waals surface area contributed by atoms with Crippen molar-refractivity contribution in [2.24, 2.45) is 0 Å². The van der Waals surface area contributed by atoms with E-state index in [2.05, 4.69) is 0 Å². The van der Waals surface area contributed by atoms with Crippen LogP contribution in [0, 0.1) is 11.6 Å². The van der Waals surface area contributed by atoms with Gasteiger partial charge in [0.2, 0.25) is 0 Å². The van der Waals surface area contributed by atoms with E-state index in [9.17, 15) is 13.9 Å². The Morgan fingerprint density at radius 1 is 1.31 bits per heavy atom. The van der Waals surface area contributed by atoms with E-state index in [-0.39, 0.29) is 12.0 Å². The van der Waals surface area contributed by atoms with Crippen LogP contribution in [0.25, 0.3) is 0 Å². The van der Waals surface area contributed by atoms with Crippen molar-refractivity contribution in [2.45, 2.75) is 25.4 Å². The van der Waals surface area contributed by atoms with Crippen molar-refractivity contribution in [3.63, 3.8) is 0 Å². The number of rotatable bonds is 6. The van der Waals surface area contributed by atoms with Crippen molar-refractivity contribution in [2.75, 3.05) is 12.0 Å². The second kappa shape index (κ2) is 6.86. The predicted molar refractivity (Wildman–Crippen MR) is 63.7 cm³/mol. The molecule has 0 aliphatic carbocycles. The summed E-state index contributed by atoms with van der Waals surface area (Å²) in [7, 11) is 0. The summed E-state index contributed by atoms with van der Waals surface area (Å²) in [5.41, 5.74) is -0.0147. The molecule has 0 aliphatic heterocycles. The lowest BCUT2D eigenvalue weighted by Gasteiger charge is -2.11. The van der Waals surface area contributed by atoms with Gasteiger partial charge in [0.1, 0.15) is 11.6 Å². The Bertz CT molecular complexity index is 311. The summed E-state index contributed by atoms with van der Waals surface area (Å²) in [5, 5.41) is 9.64. The number of aliphatic hydroxyl groups excluding tert-OH is 1. The second-order valence-corrected chi connectivity index (χ2v) is 4.68. The summed E-state index contributed by atoms with van der Waals surface area (Å²) in [4.78, 5) is 0.